The van der Waals surface area contributed by atoms with Gasteiger partial charge in [-0.15, -0.1) is 0 Å². The normalized spacial score (nSPS) is 11.8. The molecule has 1 heterocycles. The van der Waals surface area contributed by atoms with Crippen molar-refractivity contribution in [2.75, 3.05) is 12.9 Å². The van der Waals surface area contributed by atoms with E-state index in [9.17, 15) is 9.00 Å². The largest absolute Gasteiger partial charge is 0.497 e. The van der Waals surface area contributed by atoms with E-state index in [2.05, 4.69) is 10.3 Å². The highest BCUT2D eigenvalue weighted by molar-refractivity contribution is 7.84. The Morgan fingerprint density at radius 1 is 1.14 bits per heavy atom. The van der Waals surface area contributed by atoms with E-state index in [0.29, 0.717) is 23.9 Å². The summed E-state index contributed by atoms with van der Waals surface area (Å²) in [6, 6.07) is 16.9. The van der Waals surface area contributed by atoms with E-state index >= 15 is 0 Å². The molecule has 0 saturated heterocycles. The summed E-state index contributed by atoms with van der Waals surface area (Å²) in [5.41, 5.74) is 2.40. The van der Waals surface area contributed by atoms with Crippen molar-refractivity contribution >= 4 is 16.7 Å². The molecule has 6 nitrogen and oxygen atoms in total. The summed E-state index contributed by atoms with van der Waals surface area (Å²) >= 11 is 0. The van der Waals surface area contributed by atoms with Crippen LogP contribution in [0.5, 0.6) is 5.75 Å². The van der Waals surface area contributed by atoms with Gasteiger partial charge in [-0.3, -0.25) is 9.00 Å². The molecule has 0 aliphatic carbocycles. The van der Waals surface area contributed by atoms with Crippen molar-refractivity contribution in [3.8, 4) is 17.2 Å². The fraction of sp³-hybridized carbons (Fsp3) is 0.238. The van der Waals surface area contributed by atoms with E-state index in [1.807, 2.05) is 54.6 Å². The van der Waals surface area contributed by atoms with Crippen LogP contribution in [0, 0.1) is 6.92 Å². The predicted molar refractivity (Wildman–Crippen MR) is 108 cm³/mol. The highest BCUT2D eigenvalue weighted by atomic mass is 32.2. The number of hydrogen-bond acceptors (Lipinski definition) is 5. The molecule has 0 aliphatic heterocycles. The Kier molecular flexibility index (Phi) is 6.60. The first-order valence-corrected chi connectivity index (χ1v) is 10.3. The van der Waals surface area contributed by atoms with Crippen LogP contribution in [0.15, 0.2) is 59.0 Å². The van der Waals surface area contributed by atoms with Gasteiger partial charge < -0.3 is 14.5 Å². The van der Waals surface area contributed by atoms with Gasteiger partial charge in [0.2, 0.25) is 11.8 Å². The molecule has 0 spiro atoms. The number of nitrogens with one attached hydrogen (secondary N) is 1. The molecular weight excluding hydrogens is 376 g/mol. The number of carbonyl (C=O) groups excluding carboxylic acids is 1. The lowest BCUT2D eigenvalue weighted by molar-refractivity contribution is -0.118. The number of carbonyl (C=O) groups is 1. The van der Waals surface area contributed by atoms with Gasteiger partial charge in [0.1, 0.15) is 17.3 Å². The SMILES string of the molecule is COc1ccc(-c2nc(CS(=O)CC(=O)NCc3ccccc3)c(C)o2)cc1. The third-order valence-electron chi connectivity index (χ3n) is 4.15. The minimum absolute atomic E-state index is 0.0724. The van der Waals surface area contributed by atoms with E-state index < -0.39 is 10.8 Å². The lowest BCUT2D eigenvalue weighted by atomic mass is 10.2. The lowest BCUT2D eigenvalue weighted by Crippen LogP contribution is -2.28. The van der Waals surface area contributed by atoms with Gasteiger partial charge in [0.15, 0.2) is 0 Å². The first kappa shape index (κ1) is 19.8. The maximum atomic E-state index is 12.4. The van der Waals surface area contributed by atoms with Gasteiger partial charge in [0.25, 0.3) is 0 Å². The zero-order valence-corrected chi connectivity index (χ0v) is 16.6. The van der Waals surface area contributed by atoms with E-state index in [1.165, 1.54) is 0 Å². The van der Waals surface area contributed by atoms with Crippen LogP contribution < -0.4 is 10.1 Å². The summed E-state index contributed by atoms with van der Waals surface area (Å²) in [7, 11) is 0.233. The van der Waals surface area contributed by atoms with Crippen molar-refractivity contribution in [1.29, 1.82) is 0 Å². The molecule has 1 amide bonds. The second kappa shape index (κ2) is 9.32. The number of ether oxygens (including phenoxy) is 1. The van der Waals surface area contributed by atoms with E-state index in [1.54, 1.807) is 14.0 Å². The van der Waals surface area contributed by atoms with Crippen LogP contribution in [0.2, 0.25) is 0 Å². The van der Waals surface area contributed by atoms with Crippen molar-refractivity contribution in [2.45, 2.75) is 19.2 Å². The summed E-state index contributed by atoms with van der Waals surface area (Å²) in [4.78, 5) is 16.5. The topological polar surface area (TPSA) is 81.4 Å². The van der Waals surface area contributed by atoms with Crippen molar-refractivity contribution in [1.82, 2.24) is 10.3 Å². The summed E-state index contributed by atoms with van der Waals surface area (Å²) in [6.45, 7) is 2.20. The molecule has 0 bridgehead atoms. The number of hydrogen-bond donors (Lipinski definition) is 1. The predicted octanol–water partition coefficient (Wildman–Crippen LogP) is 3.22. The molecule has 3 aromatic rings. The van der Waals surface area contributed by atoms with Gasteiger partial charge in [-0.25, -0.2) is 4.98 Å². The highest BCUT2D eigenvalue weighted by Gasteiger charge is 2.16. The van der Waals surface area contributed by atoms with E-state index in [-0.39, 0.29) is 17.4 Å². The standard InChI is InChI=1S/C21H22N2O4S/c1-15-19(23-21(27-15)17-8-10-18(26-2)11-9-17)13-28(25)14-20(24)22-12-16-6-4-3-5-7-16/h3-11H,12-14H2,1-2H3,(H,22,24). The molecule has 1 N–H and O–H groups in total. The number of amides is 1. The molecule has 1 atom stereocenters. The van der Waals surface area contributed by atoms with Crippen LogP contribution >= 0.6 is 0 Å². The maximum absolute atomic E-state index is 12.4. The molecule has 1 aromatic heterocycles. The van der Waals surface area contributed by atoms with Crippen LogP contribution in [-0.4, -0.2) is 28.0 Å². The quantitative estimate of drug-likeness (QED) is 0.630. The van der Waals surface area contributed by atoms with Gasteiger partial charge in [-0.1, -0.05) is 30.3 Å². The Bertz CT molecular complexity index is 952. The molecule has 0 radical (unpaired) electrons. The Morgan fingerprint density at radius 2 is 1.86 bits per heavy atom. The Hall–Kier alpha value is -2.93. The first-order chi connectivity index (χ1) is 13.5. The van der Waals surface area contributed by atoms with Crippen molar-refractivity contribution in [3.63, 3.8) is 0 Å². The summed E-state index contributed by atoms with van der Waals surface area (Å²) in [5, 5.41) is 2.78. The van der Waals surface area contributed by atoms with Gasteiger partial charge >= 0.3 is 0 Å². The number of methoxy groups -OCH3 is 1. The van der Waals surface area contributed by atoms with E-state index in [0.717, 1.165) is 16.9 Å². The summed E-state index contributed by atoms with van der Waals surface area (Å²) in [5.74, 6) is 1.65. The van der Waals surface area contributed by atoms with Crippen LogP contribution in [-0.2, 0) is 27.9 Å². The molecule has 3 rings (SSSR count). The fourth-order valence-corrected chi connectivity index (χ4v) is 3.69. The van der Waals surface area contributed by atoms with Crippen molar-refractivity contribution in [3.05, 3.63) is 71.6 Å². The van der Waals surface area contributed by atoms with Crippen molar-refractivity contribution in [2.24, 2.45) is 0 Å². The van der Waals surface area contributed by atoms with Gasteiger partial charge in [0.05, 0.1) is 18.6 Å². The second-order valence-corrected chi connectivity index (χ2v) is 7.70. The molecule has 146 valence electrons. The highest BCUT2D eigenvalue weighted by Crippen LogP contribution is 2.24. The number of aryl methyl sites for hydroxylation is 1. The number of aromatic nitrogens is 1. The monoisotopic (exact) mass is 398 g/mol. The number of rotatable bonds is 8. The third-order valence-corrected chi connectivity index (χ3v) is 5.33. The van der Waals surface area contributed by atoms with Gasteiger partial charge in [0, 0.05) is 22.9 Å². The molecule has 7 heteroatoms. The molecule has 0 fully saturated rings. The molecule has 0 saturated carbocycles. The Balaban J connectivity index is 1.56. The zero-order chi connectivity index (χ0) is 19.9. The van der Waals surface area contributed by atoms with Crippen LogP contribution in [0.3, 0.4) is 0 Å². The summed E-state index contributed by atoms with van der Waals surface area (Å²) in [6.07, 6.45) is 0. The molecule has 1 unspecified atom stereocenters. The maximum Gasteiger partial charge on any atom is 0.232 e. The number of nitrogens with zero attached hydrogens (tertiary/aromatic N) is 1. The average molecular weight is 398 g/mol. The van der Waals surface area contributed by atoms with E-state index in [4.69, 9.17) is 9.15 Å². The number of benzene rings is 2. The third kappa shape index (κ3) is 5.29. The smallest absolute Gasteiger partial charge is 0.232 e. The summed E-state index contributed by atoms with van der Waals surface area (Å²) < 4.78 is 23.2. The minimum Gasteiger partial charge on any atom is -0.497 e. The zero-order valence-electron chi connectivity index (χ0n) is 15.8. The fourth-order valence-electron chi connectivity index (χ4n) is 2.62. The minimum atomic E-state index is -1.37. The second-order valence-electron chi connectivity index (χ2n) is 6.24. The first-order valence-electron chi connectivity index (χ1n) is 8.81. The van der Waals surface area contributed by atoms with Crippen LogP contribution in [0.4, 0.5) is 0 Å². The average Bonchev–Trinajstić information content (AvgIpc) is 3.07. The Morgan fingerprint density at radius 3 is 2.54 bits per heavy atom. The Labute approximate surface area is 166 Å². The molecule has 2 aromatic carbocycles. The van der Waals surface area contributed by atoms with Crippen LogP contribution in [0.1, 0.15) is 17.0 Å². The number of oxazole rings is 1. The van der Waals surface area contributed by atoms with Gasteiger partial charge in [-0.05, 0) is 36.8 Å². The van der Waals surface area contributed by atoms with Crippen LogP contribution in [0.25, 0.3) is 11.5 Å². The lowest BCUT2D eigenvalue weighted by Gasteiger charge is -2.05. The van der Waals surface area contributed by atoms with Gasteiger partial charge in [-0.2, -0.15) is 0 Å². The molecule has 28 heavy (non-hydrogen) atoms. The molecule has 0 aliphatic rings. The van der Waals surface area contributed by atoms with Crippen molar-refractivity contribution < 1.29 is 18.2 Å². The molecular formula is C21H22N2O4S.